The number of nitrogens with zero attached hydrogens (tertiary/aromatic N) is 1. The smallest absolute Gasteiger partial charge is 0.316 e. The second kappa shape index (κ2) is 8.74. The number of rotatable bonds is 7. The maximum Gasteiger partial charge on any atom is 0.316 e. The van der Waals surface area contributed by atoms with Crippen molar-refractivity contribution in [2.75, 3.05) is 5.75 Å². The lowest BCUT2D eigenvalue weighted by Gasteiger charge is -2.03. The van der Waals surface area contributed by atoms with Crippen molar-refractivity contribution >= 4 is 29.3 Å². The van der Waals surface area contributed by atoms with Crippen LogP contribution in [0.4, 0.5) is 0 Å². The number of benzene rings is 2. The van der Waals surface area contributed by atoms with Crippen LogP contribution in [0.5, 0.6) is 0 Å². The summed E-state index contributed by atoms with van der Waals surface area (Å²) in [6.45, 7) is 0.0990. The van der Waals surface area contributed by atoms with Crippen molar-refractivity contribution in [2.24, 2.45) is 0 Å². The lowest BCUT2D eigenvalue weighted by molar-refractivity contribution is -0.141. The highest BCUT2D eigenvalue weighted by Crippen LogP contribution is 2.22. The normalized spacial score (nSPS) is 10.6. The molecule has 3 aromatic rings. The van der Waals surface area contributed by atoms with Gasteiger partial charge in [0.25, 0.3) is 0 Å². The van der Waals surface area contributed by atoms with E-state index in [-0.39, 0.29) is 12.6 Å². The fourth-order valence-electron chi connectivity index (χ4n) is 2.15. The topological polar surface area (TPSA) is 52.3 Å². The Labute approximate surface area is 155 Å². The molecule has 4 nitrogen and oxygen atoms in total. The summed E-state index contributed by atoms with van der Waals surface area (Å²) >= 11 is 7.39. The van der Waals surface area contributed by atoms with E-state index in [9.17, 15) is 4.79 Å². The van der Waals surface area contributed by atoms with E-state index >= 15 is 0 Å². The molecule has 0 fully saturated rings. The van der Waals surface area contributed by atoms with Gasteiger partial charge in [0.2, 0.25) is 0 Å². The van der Waals surface area contributed by atoms with E-state index in [0.29, 0.717) is 22.2 Å². The third kappa shape index (κ3) is 5.37. The molecule has 0 atom stereocenters. The molecule has 1 heterocycles. The largest absolute Gasteiger partial charge is 0.458 e. The standard InChI is InChI=1S/C19H16ClNO3S/c20-16-8-6-15(7-9-16)18-10-17(21-24-18)11-23-19(22)13-25-12-14-4-2-1-3-5-14/h1-10H,11-13H2. The minimum Gasteiger partial charge on any atom is -0.458 e. The van der Waals surface area contributed by atoms with Gasteiger partial charge in [0, 0.05) is 22.4 Å². The molecule has 0 aliphatic heterocycles. The van der Waals surface area contributed by atoms with Gasteiger partial charge in [-0.3, -0.25) is 4.79 Å². The average molecular weight is 374 g/mol. The fourth-order valence-corrected chi connectivity index (χ4v) is 3.06. The molecule has 0 N–H and O–H groups in total. The first-order valence-electron chi connectivity index (χ1n) is 7.69. The molecular weight excluding hydrogens is 358 g/mol. The molecule has 6 heteroatoms. The van der Waals surface area contributed by atoms with Gasteiger partial charge >= 0.3 is 5.97 Å². The van der Waals surface area contributed by atoms with E-state index in [1.165, 1.54) is 17.3 Å². The quantitative estimate of drug-likeness (QED) is 0.547. The summed E-state index contributed by atoms with van der Waals surface area (Å²) in [7, 11) is 0. The molecule has 0 radical (unpaired) electrons. The van der Waals surface area contributed by atoms with Crippen LogP contribution >= 0.6 is 23.4 Å². The van der Waals surface area contributed by atoms with Crippen LogP contribution in [0.1, 0.15) is 11.3 Å². The Morgan fingerprint density at radius 2 is 1.88 bits per heavy atom. The highest BCUT2D eigenvalue weighted by atomic mass is 35.5. The molecular formula is C19H16ClNO3S. The van der Waals surface area contributed by atoms with Gasteiger partial charge in [-0.1, -0.05) is 47.1 Å². The number of aromatic nitrogens is 1. The third-order valence-corrected chi connectivity index (χ3v) is 4.63. The van der Waals surface area contributed by atoms with Crippen LogP contribution in [0.15, 0.2) is 65.2 Å². The summed E-state index contributed by atoms with van der Waals surface area (Å²) in [4.78, 5) is 11.8. The summed E-state index contributed by atoms with van der Waals surface area (Å²) in [5.41, 5.74) is 2.63. The van der Waals surface area contributed by atoms with Gasteiger partial charge < -0.3 is 9.26 Å². The fraction of sp³-hybridized carbons (Fsp3) is 0.158. The van der Waals surface area contributed by atoms with Gasteiger partial charge in [-0.25, -0.2) is 0 Å². The highest BCUT2D eigenvalue weighted by Gasteiger charge is 2.10. The molecule has 2 aromatic carbocycles. The maximum atomic E-state index is 11.8. The summed E-state index contributed by atoms with van der Waals surface area (Å²) in [6, 6.07) is 19.0. The predicted molar refractivity (Wildman–Crippen MR) is 99.3 cm³/mol. The first-order valence-corrected chi connectivity index (χ1v) is 9.23. The monoisotopic (exact) mass is 373 g/mol. The number of hydrogen-bond donors (Lipinski definition) is 0. The second-order valence-corrected chi connectivity index (χ2v) is 6.75. The van der Waals surface area contributed by atoms with E-state index in [2.05, 4.69) is 5.16 Å². The van der Waals surface area contributed by atoms with Crippen molar-refractivity contribution in [3.05, 3.63) is 76.9 Å². The van der Waals surface area contributed by atoms with Crippen LogP contribution in [-0.4, -0.2) is 16.9 Å². The molecule has 25 heavy (non-hydrogen) atoms. The Morgan fingerprint density at radius 1 is 1.12 bits per heavy atom. The second-order valence-electron chi connectivity index (χ2n) is 5.33. The SMILES string of the molecule is O=C(CSCc1ccccc1)OCc1cc(-c2ccc(Cl)cc2)on1. The van der Waals surface area contributed by atoms with Gasteiger partial charge in [-0.2, -0.15) is 0 Å². The van der Waals surface area contributed by atoms with Crippen LogP contribution in [-0.2, 0) is 21.9 Å². The molecule has 0 aliphatic carbocycles. The van der Waals surface area contributed by atoms with Gasteiger partial charge in [-0.05, 0) is 29.8 Å². The lowest BCUT2D eigenvalue weighted by atomic mass is 10.2. The van der Waals surface area contributed by atoms with E-state index in [1.54, 1.807) is 18.2 Å². The first kappa shape index (κ1) is 17.6. The molecule has 0 aliphatic rings. The summed E-state index contributed by atoms with van der Waals surface area (Å²) in [5.74, 6) is 1.43. The van der Waals surface area contributed by atoms with Crippen LogP contribution in [0.2, 0.25) is 5.02 Å². The highest BCUT2D eigenvalue weighted by molar-refractivity contribution is 7.99. The first-order chi connectivity index (χ1) is 12.2. The van der Waals surface area contributed by atoms with E-state index in [4.69, 9.17) is 20.9 Å². The Balaban J connectivity index is 1.44. The van der Waals surface area contributed by atoms with E-state index < -0.39 is 0 Å². The molecule has 0 amide bonds. The molecule has 3 rings (SSSR count). The Morgan fingerprint density at radius 3 is 2.64 bits per heavy atom. The predicted octanol–water partition coefficient (Wildman–Crippen LogP) is 4.97. The van der Waals surface area contributed by atoms with Crippen molar-refractivity contribution in [3.8, 4) is 11.3 Å². The minimum absolute atomic E-state index is 0.0990. The van der Waals surface area contributed by atoms with E-state index in [1.807, 2.05) is 42.5 Å². The zero-order valence-electron chi connectivity index (χ0n) is 13.4. The number of carbonyl (C=O) groups excluding carboxylic acids is 1. The van der Waals surface area contributed by atoms with Crippen molar-refractivity contribution in [1.82, 2.24) is 5.16 Å². The summed E-state index contributed by atoms with van der Waals surface area (Å²) in [6.07, 6.45) is 0. The van der Waals surface area contributed by atoms with Gasteiger partial charge in [0.1, 0.15) is 12.3 Å². The summed E-state index contributed by atoms with van der Waals surface area (Å²) < 4.78 is 10.5. The van der Waals surface area contributed by atoms with E-state index in [0.717, 1.165) is 11.3 Å². The number of thioether (sulfide) groups is 1. The van der Waals surface area contributed by atoms with Gasteiger partial charge in [0.05, 0.1) is 5.75 Å². The third-order valence-electron chi connectivity index (χ3n) is 3.40. The molecule has 0 unspecified atom stereocenters. The molecule has 0 bridgehead atoms. The number of ether oxygens (including phenoxy) is 1. The number of halogens is 1. The van der Waals surface area contributed by atoms with Crippen molar-refractivity contribution in [1.29, 1.82) is 0 Å². The lowest BCUT2D eigenvalue weighted by Crippen LogP contribution is -2.07. The van der Waals surface area contributed by atoms with Crippen LogP contribution in [0.25, 0.3) is 11.3 Å². The van der Waals surface area contributed by atoms with Crippen molar-refractivity contribution in [2.45, 2.75) is 12.4 Å². The molecule has 0 spiro atoms. The number of esters is 1. The Kier molecular flexibility index (Phi) is 6.14. The van der Waals surface area contributed by atoms with Gasteiger partial charge in [0.15, 0.2) is 5.76 Å². The molecule has 0 saturated heterocycles. The minimum atomic E-state index is -0.267. The molecule has 1 aromatic heterocycles. The van der Waals surface area contributed by atoms with Crippen LogP contribution in [0.3, 0.4) is 0 Å². The maximum absolute atomic E-state index is 11.8. The van der Waals surface area contributed by atoms with Crippen LogP contribution in [0, 0.1) is 0 Å². The number of hydrogen-bond acceptors (Lipinski definition) is 5. The van der Waals surface area contributed by atoms with Crippen molar-refractivity contribution in [3.63, 3.8) is 0 Å². The van der Waals surface area contributed by atoms with Gasteiger partial charge in [-0.15, -0.1) is 11.8 Å². The van der Waals surface area contributed by atoms with Crippen molar-refractivity contribution < 1.29 is 14.1 Å². The zero-order valence-corrected chi connectivity index (χ0v) is 14.9. The average Bonchev–Trinajstić information content (AvgIpc) is 3.10. The zero-order chi connectivity index (χ0) is 17.5. The number of carbonyl (C=O) groups is 1. The summed E-state index contributed by atoms with van der Waals surface area (Å²) in [5, 5.41) is 4.58. The Hall–Kier alpha value is -2.24. The van der Waals surface area contributed by atoms with Crippen LogP contribution < -0.4 is 0 Å². The molecule has 128 valence electrons. The molecule has 0 saturated carbocycles. The Bertz CT molecular complexity index is 818.